The molecule has 0 heterocycles. The average Bonchev–Trinajstić information content (AvgIpc) is 2.27. The smallest absolute Gasteiger partial charge is 0.270 e. The van der Waals surface area contributed by atoms with Crippen LogP contribution in [-0.2, 0) is 0 Å². The highest BCUT2D eigenvalue weighted by atomic mass is 32.2. The minimum atomic E-state index is -0.437. The van der Waals surface area contributed by atoms with Crippen molar-refractivity contribution in [2.45, 2.75) is 10.8 Å². The lowest BCUT2D eigenvalue weighted by atomic mass is 10.0. The molecule has 5 heteroatoms. The molecule has 15 heavy (non-hydrogen) atoms. The lowest BCUT2D eigenvalue weighted by Gasteiger charge is -2.09. The molecule has 1 aromatic rings. The van der Waals surface area contributed by atoms with Crippen LogP contribution in [0.1, 0.15) is 11.5 Å². The molecule has 1 unspecified atom stereocenters. The van der Waals surface area contributed by atoms with E-state index >= 15 is 0 Å². The monoisotopic (exact) mass is 226 g/mol. The highest BCUT2D eigenvalue weighted by Gasteiger charge is 2.12. The Morgan fingerprint density at radius 3 is 2.73 bits per heavy atom. The second kappa shape index (κ2) is 5.14. The van der Waals surface area contributed by atoms with Gasteiger partial charge in [0.25, 0.3) is 5.69 Å². The predicted octanol–water partition coefficient (Wildman–Crippen LogP) is 2.23. The predicted molar refractivity (Wildman–Crippen MR) is 60.1 cm³/mol. The van der Waals surface area contributed by atoms with Gasteiger partial charge in [-0.25, -0.2) is 0 Å². The summed E-state index contributed by atoms with van der Waals surface area (Å²) in [5, 5.41) is 19.6. The van der Waals surface area contributed by atoms with Gasteiger partial charge in [-0.2, -0.15) is 0 Å². The Morgan fingerprint density at radius 2 is 2.27 bits per heavy atom. The molecule has 0 saturated heterocycles. The van der Waals surface area contributed by atoms with E-state index in [1.54, 1.807) is 0 Å². The van der Waals surface area contributed by atoms with E-state index in [-0.39, 0.29) is 18.2 Å². The van der Waals surface area contributed by atoms with Gasteiger partial charge in [-0.15, -0.1) is 11.8 Å². The Hall–Kier alpha value is -1.07. The summed E-state index contributed by atoms with van der Waals surface area (Å²) in [4.78, 5) is 11.0. The zero-order valence-corrected chi connectivity index (χ0v) is 9.16. The van der Waals surface area contributed by atoms with Crippen LogP contribution in [0.25, 0.3) is 0 Å². The Balaban J connectivity index is 3.16. The molecular formula is C10H12NO3S. The molecule has 0 fully saturated rings. The van der Waals surface area contributed by atoms with Crippen molar-refractivity contribution in [1.29, 1.82) is 0 Å². The molecule has 0 aliphatic rings. The van der Waals surface area contributed by atoms with Crippen LogP contribution >= 0.6 is 11.8 Å². The molecule has 1 radical (unpaired) electrons. The van der Waals surface area contributed by atoms with Crippen LogP contribution in [0.5, 0.6) is 0 Å². The van der Waals surface area contributed by atoms with Crippen LogP contribution in [0, 0.1) is 17.0 Å². The van der Waals surface area contributed by atoms with Gasteiger partial charge in [0.1, 0.15) is 0 Å². The van der Waals surface area contributed by atoms with E-state index in [1.165, 1.54) is 23.9 Å². The van der Waals surface area contributed by atoms with Crippen molar-refractivity contribution in [3.8, 4) is 0 Å². The first kappa shape index (κ1) is 12.0. The molecule has 0 amide bonds. The van der Waals surface area contributed by atoms with E-state index < -0.39 is 4.92 Å². The van der Waals surface area contributed by atoms with E-state index in [1.807, 2.05) is 12.3 Å². The zero-order chi connectivity index (χ0) is 11.4. The Labute approximate surface area is 92.5 Å². The van der Waals surface area contributed by atoms with Gasteiger partial charge in [-0.3, -0.25) is 10.1 Å². The number of nitrogens with zero attached hydrogens (tertiary/aromatic N) is 1. The molecule has 0 spiro atoms. The van der Waals surface area contributed by atoms with Gasteiger partial charge in [0.05, 0.1) is 4.92 Å². The van der Waals surface area contributed by atoms with E-state index in [0.29, 0.717) is 5.56 Å². The molecule has 81 valence electrons. The van der Waals surface area contributed by atoms with Crippen molar-refractivity contribution in [2.24, 2.45) is 0 Å². The lowest BCUT2D eigenvalue weighted by molar-refractivity contribution is -0.385. The molecule has 0 aliphatic carbocycles. The maximum Gasteiger partial charge on any atom is 0.270 e. The van der Waals surface area contributed by atoms with Crippen LogP contribution < -0.4 is 0 Å². The fourth-order valence-corrected chi connectivity index (χ4v) is 1.66. The second-order valence-corrected chi connectivity index (χ2v) is 3.98. The number of hydrogen-bond acceptors (Lipinski definition) is 4. The van der Waals surface area contributed by atoms with Gasteiger partial charge in [0.15, 0.2) is 0 Å². The number of thioether (sulfide) groups is 1. The molecule has 0 bridgehead atoms. The second-order valence-electron chi connectivity index (χ2n) is 3.10. The Morgan fingerprint density at radius 1 is 1.60 bits per heavy atom. The Kier molecular flexibility index (Phi) is 4.11. The van der Waals surface area contributed by atoms with Gasteiger partial charge < -0.3 is 5.11 Å². The molecule has 0 aliphatic heterocycles. The van der Waals surface area contributed by atoms with E-state index in [0.717, 1.165) is 4.90 Å². The van der Waals surface area contributed by atoms with Crippen molar-refractivity contribution >= 4 is 17.4 Å². The van der Waals surface area contributed by atoms with Gasteiger partial charge in [0, 0.05) is 29.6 Å². The summed E-state index contributed by atoms with van der Waals surface area (Å²) in [6.45, 7) is 3.60. The molecule has 1 aromatic carbocycles. The molecule has 1 N–H and O–H groups in total. The Bertz CT molecular complexity index is 368. The van der Waals surface area contributed by atoms with Crippen LogP contribution in [0.3, 0.4) is 0 Å². The third-order valence-electron chi connectivity index (χ3n) is 2.05. The third-order valence-corrected chi connectivity index (χ3v) is 2.76. The number of aliphatic hydroxyl groups is 1. The maximum atomic E-state index is 10.6. The van der Waals surface area contributed by atoms with Crippen molar-refractivity contribution in [2.75, 3.05) is 12.9 Å². The first-order chi connectivity index (χ1) is 7.08. The number of nitro groups is 1. The number of aliphatic hydroxyl groups excluding tert-OH is 1. The summed E-state index contributed by atoms with van der Waals surface area (Å²) in [5.74, 6) is -0.323. The molecular weight excluding hydrogens is 214 g/mol. The third kappa shape index (κ3) is 2.94. The maximum absolute atomic E-state index is 10.6. The molecule has 4 nitrogen and oxygen atoms in total. The van der Waals surface area contributed by atoms with Crippen molar-refractivity contribution in [3.63, 3.8) is 0 Å². The summed E-state index contributed by atoms with van der Waals surface area (Å²) in [5.41, 5.74) is 0.731. The van der Waals surface area contributed by atoms with E-state index in [2.05, 4.69) is 6.92 Å². The van der Waals surface area contributed by atoms with Crippen molar-refractivity contribution in [3.05, 3.63) is 40.8 Å². The fourth-order valence-electron chi connectivity index (χ4n) is 1.17. The van der Waals surface area contributed by atoms with Crippen LogP contribution in [0.2, 0.25) is 0 Å². The lowest BCUT2D eigenvalue weighted by Crippen LogP contribution is -2.00. The van der Waals surface area contributed by atoms with Crippen molar-refractivity contribution < 1.29 is 10.0 Å². The highest BCUT2D eigenvalue weighted by Crippen LogP contribution is 2.27. The van der Waals surface area contributed by atoms with Gasteiger partial charge >= 0.3 is 0 Å². The van der Waals surface area contributed by atoms with Gasteiger partial charge in [-0.1, -0.05) is 0 Å². The van der Waals surface area contributed by atoms with E-state index in [9.17, 15) is 10.1 Å². The molecule has 0 saturated carbocycles. The minimum absolute atomic E-state index is 0.0407. The van der Waals surface area contributed by atoms with Crippen molar-refractivity contribution in [1.82, 2.24) is 0 Å². The number of rotatable bonds is 4. The fraction of sp³-hybridized carbons (Fsp3) is 0.300. The van der Waals surface area contributed by atoms with Crippen LogP contribution in [-0.4, -0.2) is 22.9 Å². The summed E-state index contributed by atoms with van der Waals surface area (Å²) in [6.07, 6.45) is 1.85. The van der Waals surface area contributed by atoms with E-state index in [4.69, 9.17) is 5.11 Å². The number of hydrogen-bond donors (Lipinski definition) is 1. The minimum Gasteiger partial charge on any atom is -0.396 e. The normalized spacial score (nSPS) is 12.5. The zero-order valence-electron chi connectivity index (χ0n) is 8.34. The average molecular weight is 226 g/mol. The first-order valence-electron chi connectivity index (χ1n) is 4.35. The summed E-state index contributed by atoms with van der Waals surface area (Å²) >= 11 is 1.43. The van der Waals surface area contributed by atoms with Crippen LogP contribution in [0.15, 0.2) is 23.1 Å². The summed E-state index contributed by atoms with van der Waals surface area (Å²) < 4.78 is 0. The largest absolute Gasteiger partial charge is 0.396 e. The number of non-ortho nitro benzene ring substituents is 1. The van der Waals surface area contributed by atoms with Crippen LogP contribution in [0.4, 0.5) is 5.69 Å². The first-order valence-corrected chi connectivity index (χ1v) is 5.58. The van der Waals surface area contributed by atoms with Gasteiger partial charge in [-0.05, 0) is 24.8 Å². The quantitative estimate of drug-likeness (QED) is 0.486. The SMILES string of the molecule is [CH2]C(CO)c1cc(SC)cc([N+](=O)[O-])c1. The molecule has 0 aromatic heterocycles. The molecule has 1 atom stereocenters. The highest BCUT2D eigenvalue weighted by molar-refractivity contribution is 7.98. The summed E-state index contributed by atoms with van der Waals surface area (Å²) in [6, 6.07) is 4.78. The van der Waals surface area contributed by atoms with Gasteiger partial charge in [0.2, 0.25) is 0 Å². The number of nitro benzene ring substituents is 1. The topological polar surface area (TPSA) is 63.4 Å². The standard InChI is InChI=1S/C10H12NO3S/c1-7(6-12)8-3-9(11(13)14)5-10(4-8)15-2/h3-5,7,12H,1,6H2,2H3. The summed E-state index contributed by atoms with van der Waals surface area (Å²) in [7, 11) is 0. The number of benzene rings is 1. The molecule has 1 rings (SSSR count).